The molecule has 0 aliphatic rings. The first kappa shape index (κ1) is 34.2. The van der Waals surface area contributed by atoms with Crippen LogP contribution in [0, 0.1) is 0 Å². The van der Waals surface area contributed by atoms with E-state index in [9.17, 15) is 9.59 Å². The van der Waals surface area contributed by atoms with Gasteiger partial charge in [-0.1, -0.05) is 44.0 Å². The highest BCUT2D eigenvalue weighted by molar-refractivity contribution is 5.87. The summed E-state index contributed by atoms with van der Waals surface area (Å²) in [6.45, 7) is 24.2. The topological polar surface area (TPSA) is 89.5 Å². The van der Waals surface area contributed by atoms with Crippen LogP contribution >= 0.6 is 0 Å². The van der Waals surface area contributed by atoms with Crippen LogP contribution in [0.5, 0.6) is 0 Å². The lowest BCUT2D eigenvalue weighted by Crippen LogP contribution is -2.37. The molecule has 8 heteroatoms. The molecule has 0 saturated heterocycles. The van der Waals surface area contributed by atoms with Gasteiger partial charge >= 0.3 is 11.9 Å². The van der Waals surface area contributed by atoms with Crippen LogP contribution in [0.1, 0.15) is 48.5 Å². The van der Waals surface area contributed by atoms with Crippen molar-refractivity contribution in [1.82, 2.24) is 0 Å². The summed E-state index contributed by atoms with van der Waals surface area (Å²) < 4.78 is 34.1. The predicted molar refractivity (Wildman–Crippen MR) is 145 cm³/mol. The predicted octanol–water partition coefficient (Wildman–Crippen LogP) is 5.38. The number of hydrogen-bond acceptors (Lipinski definition) is 8. The Hall–Kier alpha value is -2.78. The maximum atomic E-state index is 11.7. The second kappa shape index (κ2) is 17.6. The monoisotopic (exact) mass is 520 g/mol. The average molecular weight is 521 g/mol. The van der Waals surface area contributed by atoms with Crippen molar-refractivity contribution in [3.05, 3.63) is 72.4 Å². The summed E-state index contributed by atoms with van der Waals surface area (Å²) >= 11 is 0. The molecular formula is C29H44O8. The Balaban J connectivity index is 5.91. The summed E-state index contributed by atoms with van der Waals surface area (Å²) in [5, 5.41) is 0. The maximum Gasteiger partial charge on any atom is 0.333 e. The van der Waals surface area contributed by atoms with Crippen LogP contribution in [0.25, 0.3) is 0 Å². The number of carbonyl (C=O) groups is 2. The van der Waals surface area contributed by atoms with Gasteiger partial charge in [-0.05, 0) is 60.1 Å². The number of allylic oxidation sites excluding steroid dienone is 4. The molecule has 0 aliphatic heterocycles. The van der Waals surface area contributed by atoms with E-state index in [1.165, 1.54) is 0 Å². The molecule has 0 bridgehead atoms. The van der Waals surface area contributed by atoms with E-state index < -0.39 is 23.5 Å². The molecule has 0 aromatic carbocycles. The fourth-order valence-corrected chi connectivity index (χ4v) is 3.07. The minimum absolute atomic E-state index is 0.0373. The number of rotatable bonds is 19. The molecule has 2 unspecified atom stereocenters. The second-order valence-corrected chi connectivity index (χ2v) is 8.38. The zero-order valence-corrected chi connectivity index (χ0v) is 23.5. The van der Waals surface area contributed by atoms with Crippen molar-refractivity contribution in [2.24, 2.45) is 0 Å². The Morgan fingerprint density at radius 1 is 0.757 bits per heavy atom. The molecule has 0 spiro atoms. The van der Waals surface area contributed by atoms with Crippen LogP contribution < -0.4 is 0 Å². The fraction of sp³-hybridized carbons (Fsp3) is 0.517. The molecule has 0 amide bonds. The van der Waals surface area contributed by atoms with E-state index in [0.29, 0.717) is 29.9 Å². The lowest BCUT2D eigenvalue weighted by atomic mass is 9.99. The Morgan fingerprint density at radius 2 is 1.27 bits per heavy atom. The summed E-state index contributed by atoms with van der Waals surface area (Å²) in [4.78, 5) is 23.3. The van der Waals surface area contributed by atoms with E-state index >= 15 is 0 Å². The van der Waals surface area contributed by atoms with E-state index in [4.69, 9.17) is 28.4 Å². The summed E-state index contributed by atoms with van der Waals surface area (Å²) in [7, 11) is 0. The largest absolute Gasteiger partial charge is 0.460 e. The normalized spacial score (nSPS) is 15.5. The summed E-state index contributed by atoms with van der Waals surface area (Å²) in [6.07, 6.45) is 8.91. The summed E-state index contributed by atoms with van der Waals surface area (Å²) in [6, 6.07) is 0. The van der Waals surface area contributed by atoms with E-state index in [-0.39, 0.29) is 26.4 Å². The first-order valence-corrected chi connectivity index (χ1v) is 12.3. The Morgan fingerprint density at radius 3 is 1.73 bits per heavy atom. The molecule has 0 saturated carbocycles. The SMILES string of the molecule is C=C\C=C/C(C)=C(\C=C/C(C)(OCC)OCCOC(=O)C(=C)C)C(C)(OCC)OCCOC(=O)C(=C)C. The van der Waals surface area contributed by atoms with Crippen LogP contribution in [-0.2, 0) is 38.0 Å². The number of ether oxygens (including phenoxy) is 6. The van der Waals surface area contributed by atoms with Crippen molar-refractivity contribution >= 4 is 11.9 Å². The van der Waals surface area contributed by atoms with Gasteiger partial charge in [-0.3, -0.25) is 0 Å². The molecule has 0 N–H and O–H groups in total. The van der Waals surface area contributed by atoms with Crippen molar-refractivity contribution in [3.8, 4) is 0 Å². The molecule has 37 heavy (non-hydrogen) atoms. The number of hydrogen-bond donors (Lipinski definition) is 0. The Kier molecular flexibility index (Phi) is 16.3. The lowest BCUT2D eigenvalue weighted by molar-refractivity contribution is -0.203. The Labute approximate surface area is 222 Å². The van der Waals surface area contributed by atoms with Crippen LogP contribution in [0.2, 0.25) is 0 Å². The van der Waals surface area contributed by atoms with Crippen molar-refractivity contribution in [2.75, 3.05) is 39.6 Å². The van der Waals surface area contributed by atoms with Gasteiger partial charge in [0.1, 0.15) is 13.2 Å². The summed E-state index contributed by atoms with van der Waals surface area (Å²) in [5.41, 5.74) is 2.17. The smallest absolute Gasteiger partial charge is 0.333 e. The van der Waals surface area contributed by atoms with Gasteiger partial charge in [0.25, 0.3) is 0 Å². The quantitative estimate of drug-likeness (QED) is 0.0737. The molecule has 2 atom stereocenters. The number of carbonyl (C=O) groups excluding carboxylic acids is 2. The van der Waals surface area contributed by atoms with E-state index in [0.717, 1.165) is 5.57 Å². The van der Waals surface area contributed by atoms with Crippen LogP contribution in [-0.4, -0.2) is 63.2 Å². The van der Waals surface area contributed by atoms with Gasteiger partial charge < -0.3 is 28.4 Å². The van der Waals surface area contributed by atoms with E-state index in [1.54, 1.807) is 45.9 Å². The van der Waals surface area contributed by atoms with Gasteiger partial charge in [-0.15, -0.1) is 0 Å². The first-order chi connectivity index (χ1) is 17.4. The van der Waals surface area contributed by atoms with Gasteiger partial charge in [0.2, 0.25) is 0 Å². The molecule has 0 fully saturated rings. The zero-order chi connectivity index (χ0) is 28.5. The van der Waals surface area contributed by atoms with Crippen molar-refractivity contribution in [1.29, 1.82) is 0 Å². The third-order valence-corrected chi connectivity index (χ3v) is 4.90. The molecule has 8 nitrogen and oxygen atoms in total. The molecule has 208 valence electrons. The van der Waals surface area contributed by atoms with Crippen molar-refractivity contribution < 1.29 is 38.0 Å². The molecule has 0 aliphatic carbocycles. The van der Waals surface area contributed by atoms with Crippen LogP contribution in [0.4, 0.5) is 0 Å². The summed E-state index contributed by atoms with van der Waals surface area (Å²) in [5.74, 6) is -3.27. The molecular weight excluding hydrogens is 476 g/mol. The standard InChI is InChI=1S/C29H44O8/c1-11-14-15-24(8)25(29(10,35-13-3)37-21-19-33-27(31)23(6)7)16-17-28(9,34-12-2)36-20-18-32-26(30)22(4)5/h11,14-17H,1,4,6,12-13,18-21H2,2-3,5,7-10H3/b15-14-,17-16-,25-24+. The van der Waals surface area contributed by atoms with Crippen molar-refractivity contribution in [2.45, 2.75) is 60.0 Å². The van der Waals surface area contributed by atoms with Gasteiger partial charge in [0.05, 0.1) is 13.2 Å². The third kappa shape index (κ3) is 13.4. The van der Waals surface area contributed by atoms with E-state index in [1.807, 2.05) is 32.9 Å². The van der Waals surface area contributed by atoms with Gasteiger partial charge in [-0.25, -0.2) is 9.59 Å². The first-order valence-electron chi connectivity index (χ1n) is 12.3. The zero-order valence-electron chi connectivity index (χ0n) is 23.5. The van der Waals surface area contributed by atoms with E-state index in [2.05, 4.69) is 19.7 Å². The fourth-order valence-electron chi connectivity index (χ4n) is 3.07. The third-order valence-electron chi connectivity index (χ3n) is 4.90. The highest BCUT2D eigenvalue weighted by Crippen LogP contribution is 2.30. The van der Waals surface area contributed by atoms with Gasteiger partial charge in [0, 0.05) is 29.9 Å². The highest BCUT2D eigenvalue weighted by atomic mass is 16.7. The van der Waals surface area contributed by atoms with Crippen molar-refractivity contribution in [3.63, 3.8) is 0 Å². The molecule has 0 aromatic heterocycles. The van der Waals surface area contributed by atoms with Crippen LogP contribution in [0.3, 0.4) is 0 Å². The average Bonchev–Trinajstić information content (AvgIpc) is 2.83. The minimum atomic E-state index is -1.18. The number of esters is 2. The van der Waals surface area contributed by atoms with Gasteiger partial charge in [0.15, 0.2) is 11.6 Å². The van der Waals surface area contributed by atoms with Gasteiger partial charge in [-0.2, -0.15) is 0 Å². The maximum absolute atomic E-state index is 11.7. The molecule has 0 radical (unpaired) electrons. The molecule has 0 heterocycles. The molecule has 0 aromatic rings. The van der Waals surface area contributed by atoms with Crippen LogP contribution in [0.15, 0.2) is 72.4 Å². The second-order valence-electron chi connectivity index (χ2n) is 8.38. The highest BCUT2D eigenvalue weighted by Gasteiger charge is 2.32. The lowest BCUT2D eigenvalue weighted by Gasteiger charge is -2.33. The Bertz CT molecular complexity index is 882. The minimum Gasteiger partial charge on any atom is -0.460 e. The molecule has 0 rings (SSSR count).